The van der Waals surface area contributed by atoms with E-state index in [1.54, 1.807) is 13.0 Å². The minimum absolute atomic E-state index is 0.202. The average molecular weight is 445 g/mol. The van der Waals surface area contributed by atoms with Gasteiger partial charge in [-0.3, -0.25) is 0 Å². The van der Waals surface area contributed by atoms with Gasteiger partial charge < -0.3 is 19.7 Å². The molecule has 1 unspecified atom stereocenters. The monoisotopic (exact) mass is 444 g/mol. The fourth-order valence-corrected chi connectivity index (χ4v) is 2.44. The summed E-state index contributed by atoms with van der Waals surface area (Å²) < 4.78 is 5.66. The van der Waals surface area contributed by atoms with Gasteiger partial charge in [0.1, 0.15) is 11.5 Å². The Hall–Kier alpha value is -2.43. The van der Waals surface area contributed by atoms with Crippen LogP contribution in [0.3, 0.4) is 0 Å². The summed E-state index contributed by atoms with van der Waals surface area (Å²) in [7, 11) is 1.00. The lowest BCUT2D eigenvalue weighted by Gasteiger charge is -2.09. The highest BCUT2D eigenvalue weighted by atomic mass is 16.5. The molecule has 1 aromatic carbocycles. The van der Waals surface area contributed by atoms with Crippen LogP contribution in [-0.4, -0.2) is 35.8 Å². The van der Waals surface area contributed by atoms with Crippen LogP contribution < -0.4 is 4.74 Å². The number of unbranched alkanes of at least 4 members (excludes halogenated alkanes) is 1. The first-order chi connectivity index (χ1) is 15.6. The molecular weight excluding hydrogens is 400 g/mol. The van der Waals surface area contributed by atoms with E-state index < -0.39 is 6.10 Å². The standard InChI is InChI=1S/C25H34O3.C2H6.CH4O/c1-3-4-5-6-7-8-9-10-11-12-13-24(27)20-21-28-25-18-16-23(17-19-25)15-14-22(2)26;2*1-2/h4-5,8-13,16-19,24,27H,3,6-7,14-15,20-21H2,1-2H3;1-2H3;2H,1H3/b5-4-,9-8+,11-10-,13-12+;;. The molecule has 0 fully saturated rings. The van der Waals surface area contributed by atoms with Gasteiger partial charge >= 0.3 is 0 Å². The minimum atomic E-state index is -0.525. The Morgan fingerprint density at radius 2 is 1.59 bits per heavy atom. The number of Topliss-reactive ketones (excluding diaryl/α,β-unsaturated/α-hetero) is 1. The molecule has 4 nitrogen and oxygen atoms in total. The van der Waals surface area contributed by atoms with Crippen molar-refractivity contribution in [3.63, 3.8) is 0 Å². The Bertz CT molecular complexity index is 655. The largest absolute Gasteiger partial charge is 0.493 e. The number of ether oxygens (including phenoxy) is 1. The van der Waals surface area contributed by atoms with Crippen LogP contribution in [0.1, 0.15) is 65.4 Å². The van der Waals surface area contributed by atoms with E-state index in [0.717, 1.165) is 44.1 Å². The SMILES string of the molecule is CC.CC/C=C\CC/C=C/C=C\C=C\C(O)CCOc1ccc(CCC(C)=O)cc1.CO. The summed E-state index contributed by atoms with van der Waals surface area (Å²) in [6, 6.07) is 7.77. The van der Waals surface area contributed by atoms with Crippen LogP contribution in [-0.2, 0) is 11.2 Å². The van der Waals surface area contributed by atoms with Crippen LogP contribution in [0.4, 0.5) is 0 Å². The van der Waals surface area contributed by atoms with Crippen LogP contribution >= 0.6 is 0 Å². The molecule has 0 aliphatic heterocycles. The minimum Gasteiger partial charge on any atom is -0.493 e. The Balaban J connectivity index is 0. The van der Waals surface area contributed by atoms with Crippen LogP contribution in [0.15, 0.2) is 72.9 Å². The van der Waals surface area contributed by atoms with Crippen molar-refractivity contribution < 1.29 is 19.7 Å². The molecule has 0 heterocycles. The molecule has 1 rings (SSSR count). The van der Waals surface area contributed by atoms with Crippen molar-refractivity contribution in [2.75, 3.05) is 13.7 Å². The maximum atomic E-state index is 11.0. The number of rotatable bonds is 14. The van der Waals surface area contributed by atoms with Gasteiger partial charge in [0.25, 0.3) is 0 Å². The summed E-state index contributed by atoms with van der Waals surface area (Å²) in [6.45, 7) is 8.20. The fourth-order valence-electron chi connectivity index (χ4n) is 2.44. The number of benzene rings is 1. The maximum Gasteiger partial charge on any atom is 0.130 e. The highest BCUT2D eigenvalue weighted by molar-refractivity contribution is 5.75. The second kappa shape index (κ2) is 24.8. The van der Waals surface area contributed by atoms with Crippen molar-refractivity contribution in [3.8, 4) is 5.75 Å². The molecule has 0 bridgehead atoms. The van der Waals surface area contributed by atoms with Crippen molar-refractivity contribution in [1.29, 1.82) is 0 Å². The first-order valence-corrected chi connectivity index (χ1v) is 11.6. The molecule has 1 aromatic rings. The zero-order chi connectivity index (χ0) is 24.5. The van der Waals surface area contributed by atoms with E-state index in [1.165, 1.54) is 0 Å². The summed E-state index contributed by atoms with van der Waals surface area (Å²) in [6.07, 6.45) is 20.6. The molecule has 0 spiro atoms. The number of aliphatic hydroxyl groups excluding tert-OH is 2. The molecule has 4 heteroatoms. The number of hydrogen-bond acceptors (Lipinski definition) is 4. The second-order valence-corrected chi connectivity index (χ2v) is 6.71. The summed E-state index contributed by atoms with van der Waals surface area (Å²) in [5, 5.41) is 17.0. The summed E-state index contributed by atoms with van der Waals surface area (Å²) >= 11 is 0. The summed E-state index contributed by atoms with van der Waals surface area (Å²) in [5.74, 6) is 0.981. The number of hydrogen-bond donors (Lipinski definition) is 2. The van der Waals surface area contributed by atoms with Gasteiger partial charge in [-0.25, -0.2) is 0 Å². The first-order valence-electron chi connectivity index (χ1n) is 11.6. The van der Waals surface area contributed by atoms with Crippen molar-refractivity contribution in [2.45, 2.75) is 72.3 Å². The molecule has 32 heavy (non-hydrogen) atoms. The predicted molar refractivity (Wildman–Crippen MR) is 137 cm³/mol. The molecule has 0 saturated carbocycles. The molecule has 2 N–H and O–H groups in total. The van der Waals surface area contributed by atoms with E-state index in [-0.39, 0.29) is 5.78 Å². The van der Waals surface area contributed by atoms with E-state index in [1.807, 2.05) is 62.4 Å². The third-order valence-electron chi connectivity index (χ3n) is 4.08. The molecule has 0 amide bonds. The fraction of sp³-hybridized carbons (Fsp3) is 0.464. The van der Waals surface area contributed by atoms with E-state index in [9.17, 15) is 9.90 Å². The third-order valence-corrected chi connectivity index (χ3v) is 4.08. The molecule has 0 aromatic heterocycles. The lowest BCUT2D eigenvalue weighted by atomic mass is 10.1. The van der Waals surface area contributed by atoms with Crippen LogP contribution in [0, 0.1) is 0 Å². The van der Waals surface area contributed by atoms with Gasteiger partial charge in [0.05, 0.1) is 12.7 Å². The zero-order valence-corrected chi connectivity index (χ0v) is 20.7. The molecule has 0 aliphatic rings. The van der Waals surface area contributed by atoms with E-state index in [4.69, 9.17) is 9.84 Å². The number of allylic oxidation sites excluding steroid dienone is 7. The molecule has 180 valence electrons. The quantitative estimate of drug-likeness (QED) is 0.198. The number of carbonyl (C=O) groups excluding carboxylic acids is 1. The smallest absolute Gasteiger partial charge is 0.130 e. The number of aryl methyl sites for hydroxylation is 1. The highest BCUT2D eigenvalue weighted by Crippen LogP contribution is 2.14. The van der Waals surface area contributed by atoms with Gasteiger partial charge in [-0.05, 0) is 50.3 Å². The van der Waals surface area contributed by atoms with Gasteiger partial charge in [-0.1, -0.05) is 81.5 Å². The Morgan fingerprint density at radius 3 is 2.22 bits per heavy atom. The van der Waals surface area contributed by atoms with E-state index in [0.29, 0.717) is 19.4 Å². The predicted octanol–water partition coefficient (Wildman–Crippen LogP) is 6.39. The lowest BCUT2D eigenvalue weighted by molar-refractivity contribution is -0.116. The van der Waals surface area contributed by atoms with Crippen molar-refractivity contribution >= 4 is 5.78 Å². The van der Waals surface area contributed by atoms with E-state index in [2.05, 4.69) is 25.2 Å². The third kappa shape index (κ3) is 20.8. The maximum absolute atomic E-state index is 11.0. The molecular formula is C28H44O4. The Labute approximate surface area is 196 Å². The molecule has 1 atom stereocenters. The first kappa shape index (κ1) is 31.8. The molecule has 0 aliphatic carbocycles. The Morgan fingerprint density at radius 1 is 0.969 bits per heavy atom. The van der Waals surface area contributed by atoms with Crippen LogP contribution in [0.2, 0.25) is 0 Å². The second-order valence-electron chi connectivity index (χ2n) is 6.71. The molecule has 0 saturated heterocycles. The normalized spacial score (nSPS) is 12.0. The number of ketones is 1. The van der Waals surface area contributed by atoms with Crippen molar-refractivity contribution in [2.24, 2.45) is 0 Å². The lowest BCUT2D eigenvalue weighted by Crippen LogP contribution is -2.09. The Kier molecular flexibility index (Phi) is 24.6. The molecule has 0 radical (unpaired) electrons. The number of aliphatic hydroxyl groups is 2. The van der Waals surface area contributed by atoms with Crippen LogP contribution in [0.5, 0.6) is 5.75 Å². The highest BCUT2D eigenvalue weighted by Gasteiger charge is 2.01. The number of carbonyl (C=O) groups is 1. The van der Waals surface area contributed by atoms with E-state index >= 15 is 0 Å². The summed E-state index contributed by atoms with van der Waals surface area (Å²) in [5.41, 5.74) is 1.13. The zero-order valence-electron chi connectivity index (χ0n) is 20.7. The van der Waals surface area contributed by atoms with Gasteiger partial charge in [-0.2, -0.15) is 0 Å². The van der Waals surface area contributed by atoms with Gasteiger partial charge in [-0.15, -0.1) is 0 Å². The van der Waals surface area contributed by atoms with Gasteiger partial charge in [0.2, 0.25) is 0 Å². The average Bonchev–Trinajstić information content (AvgIpc) is 2.82. The van der Waals surface area contributed by atoms with Crippen molar-refractivity contribution in [1.82, 2.24) is 0 Å². The van der Waals surface area contributed by atoms with Gasteiger partial charge in [0, 0.05) is 20.0 Å². The van der Waals surface area contributed by atoms with Gasteiger partial charge in [0.15, 0.2) is 0 Å². The summed E-state index contributed by atoms with van der Waals surface area (Å²) in [4.78, 5) is 11.0. The van der Waals surface area contributed by atoms with Crippen molar-refractivity contribution in [3.05, 3.63) is 78.4 Å². The topological polar surface area (TPSA) is 66.8 Å². The van der Waals surface area contributed by atoms with Crippen LogP contribution in [0.25, 0.3) is 0 Å².